The molecule has 0 aliphatic rings. The number of pyridine rings is 1. The first-order chi connectivity index (χ1) is 8.70. The lowest BCUT2D eigenvalue weighted by molar-refractivity contribution is 0.821. The molecule has 0 amide bonds. The summed E-state index contributed by atoms with van der Waals surface area (Å²) in [6.07, 6.45) is 1.66. The monoisotopic (exact) mass is 243 g/mol. The molecule has 0 saturated heterocycles. The fourth-order valence-electron chi connectivity index (χ4n) is 1.84. The molecule has 0 fully saturated rings. The van der Waals surface area contributed by atoms with Crippen molar-refractivity contribution in [2.45, 2.75) is 20.0 Å². The van der Waals surface area contributed by atoms with E-state index in [4.69, 9.17) is 5.73 Å². The smallest absolute Gasteiger partial charge is 0.155 e. The summed E-state index contributed by atoms with van der Waals surface area (Å²) in [7, 11) is 1.97. The highest BCUT2D eigenvalue weighted by Crippen LogP contribution is 2.16. The fraction of sp³-hybridized carbons (Fsp3) is 0.308. The maximum absolute atomic E-state index is 5.70. The largest absolute Gasteiger partial charge is 0.352 e. The van der Waals surface area contributed by atoms with Crippen molar-refractivity contribution in [1.29, 1.82) is 0 Å². The van der Waals surface area contributed by atoms with E-state index in [1.165, 1.54) is 0 Å². The van der Waals surface area contributed by atoms with Gasteiger partial charge in [0, 0.05) is 24.8 Å². The van der Waals surface area contributed by atoms with E-state index < -0.39 is 0 Å². The van der Waals surface area contributed by atoms with Gasteiger partial charge in [0.2, 0.25) is 0 Å². The first-order valence-electron chi connectivity index (χ1n) is 5.85. The Labute approximate surface area is 107 Å². The van der Waals surface area contributed by atoms with E-state index in [9.17, 15) is 0 Å². The Balaban J connectivity index is 2.19. The highest BCUT2D eigenvalue weighted by molar-refractivity contribution is 5.44. The maximum atomic E-state index is 5.70. The molecule has 0 bridgehead atoms. The predicted molar refractivity (Wildman–Crippen MR) is 71.0 cm³/mol. The van der Waals surface area contributed by atoms with Crippen LogP contribution >= 0.6 is 0 Å². The highest BCUT2D eigenvalue weighted by Gasteiger charge is 2.09. The van der Waals surface area contributed by atoms with Crippen molar-refractivity contribution in [1.82, 2.24) is 15.2 Å². The van der Waals surface area contributed by atoms with Crippen LogP contribution in [-0.4, -0.2) is 22.2 Å². The molecule has 0 aliphatic heterocycles. The van der Waals surface area contributed by atoms with Crippen LogP contribution in [-0.2, 0) is 13.1 Å². The van der Waals surface area contributed by atoms with Crippen LogP contribution in [0.15, 0.2) is 30.5 Å². The molecule has 2 rings (SSSR count). The molecular weight excluding hydrogens is 226 g/mol. The second-order valence-corrected chi connectivity index (χ2v) is 4.21. The van der Waals surface area contributed by atoms with Gasteiger partial charge in [0.05, 0.1) is 18.4 Å². The number of hydrogen-bond donors (Lipinski definition) is 1. The first kappa shape index (κ1) is 12.4. The molecule has 0 aromatic carbocycles. The zero-order valence-corrected chi connectivity index (χ0v) is 10.7. The van der Waals surface area contributed by atoms with Gasteiger partial charge in [-0.15, -0.1) is 5.10 Å². The Morgan fingerprint density at radius 2 is 2.11 bits per heavy atom. The third-order valence-corrected chi connectivity index (χ3v) is 2.71. The molecule has 0 atom stereocenters. The van der Waals surface area contributed by atoms with Gasteiger partial charge in [-0.05, 0) is 25.1 Å². The van der Waals surface area contributed by atoms with Crippen LogP contribution in [0.2, 0.25) is 0 Å². The molecule has 2 heterocycles. The number of hydrogen-bond acceptors (Lipinski definition) is 5. The Morgan fingerprint density at radius 1 is 1.28 bits per heavy atom. The van der Waals surface area contributed by atoms with Crippen molar-refractivity contribution in [3.8, 4) is 0 Å². The summed E-state index contributed by atoms with van der Waals surface area (Å²) in [6.45, 7) is 3.13. The number of aromatic nitrogens is 3. The van der Waals surface area contributed by atoms with Crippen LogP contribution in [0.1, 0.15) is 17.0 Å². The van der Waals surface area contributed by atoms with Crippen LogP contribution < -0.4 is 10.6 Å². The Bertz CT molecular complexity index is 526. The van der Waals surface area contributed by atoms with Crippen LogP contribution in [0.4, 0.5) is 5.82 Å². The van der Waals surface area contributed by atoms with Crippen molar-refractivity contribution < 1.29 is 0 Å². The van der Waals surface area contributed by atoms with Gasteiger partial charge in [-0.2, -0.15) is 5.10 Å². The molecular formula is C13H17N5. The summed E-state index contributed by atoms with van der Waals surface area (Å²) in [5.74, 6) is 0.809. The van der Waals surface area contributed by atoms with Crippen molar-refractivity contribution >= 4 is 5.82 Å². The molecule has 18 heavy (non-hydrogen) atoms. The third-order valence-electron chi connectivity index (χ3n) is 2.71. The summed E-state index contributed by atoms with van der Waals surface area (Å²) in [5.41, 5.74) is 8.70. The summed E-state index contributed by atoms with van der Waals surface area (Å²) < 4.78 is 0. The zero-order chi connectivity index (χ0) is 13.0. The molecule has 0 saturated carbocycles. The average Bonchev–Trinajstić information content (AvgIpc) is 2.38. The number of nitrogens with zero attached hydrogens (tertiary/aromatic N) is 4. The summed E-state index contributed by atoms with van der Waals surface area (Å²) >= 11 is 0. The molecule has 2 aromatic heterocycles. The Morgan fingerprint density at radius 3 is 2.83 bits per heavy atom. The van der Waals surface area contributed by atoms with Crippen LogP contribution in [0.25, 0.3) is 0 Å². The van der Waals surface area contributed by atoms with E-state index in [2.05, 4.69) is 15.2 Å². The molecule has 5 nitrogen and oxygen atoms in total. The van der Waals surface area contributed by atoms with Crippen molar-refractivity contribution in [3.63, 3.8) is 0 Å². The van der Waals surface area contributed by atoms with Gasteiger partial charge in [0.25, 0.3) is 0 Å². The van der Waals surface area contributed by atoms with Gasteiger partial charge in [-0.1, -0.05) is 6.07 Å². The van der Waals surface area contributed by atoms with Crippen LogP contribution in [0.3, 0.4) is 0 Å². The molecule has 5 heteroatoms. The van der Waals surface area contributed by atoms with E-state index in [1.54, 1.807) is 6.20 Å². The summed E-state index contributed by atoms with van der Waals surface area (Å²) in [6, 6.07) is 7.88. The zero-order valence-electron chi connectivity index (χ0n) is 10.7. The lowest BCUT2D eigenvalue weighted by atomic mass is 10.2. The summed E-state index contributed by atoms with van der Waals surface area (Å²) in [4.78, 5) is 6.48. The van der Waals surface area contributed by atoms with Crippen molar-refractivity contribution in [2.75, 3.05) is 11.9 Å². The van der Waals surface area contributed by atoms with Crippen molar-refractivity contribution in [2.24, 2.45) is 5.73 Å². The normalized spacial score (nSPS) is 10.4. The lowest BCUT2D eigenvalue weighted by Gasteiger charge is -2.19. The Kier molecular flexibility index (Phi) is 3.84. The molecule has 94 valence electrons. The molecule has 0 spiro atoms. The van der Waals surface area contributed by atoms with E-state index >= 15 is 0 Å². The van der Waals surface area contributed by atoms with Gasteiger partial charge < -0.3 is 10.6 Å². The highest BCUT2D eigenvalue weighted by atomic mass is 15.2. The second-order valence-electron chi connectivity index (χ2n) is 4.21. The number of anilines is 1. The van der Waals surface area contributed by atoms with Gasteiger partial charge in [-0.3, -0.25) is 4.98 Å². The minimum Gasteiger partial charge on any atom is -0.352 e. The van der Waals surface area contributed by atoms with Gasteiger partial charge in [-0.25, -0.2) is 0 Å². The second kappa shape index (κ2) is 5.55. The quantitative estimate of drug-likeness (QED) is 0.876. The molecule has 0 aliphatic carbocycles. The van der Waals surface area contributed by atoms with E-state index in [1.807, 2.05) is 43.1 Å². The van der Waals surface area contributed by atoms with Gasteiger partial charge in [0.1, 0.15) is 0 Å². The van der Waals surface area contributed by atoms with Gasteiger partial charge in [0.15, 0.2) is 5.82 Å². The Hall–Kier alpha value is -2.01. The molecule has 2 N–H and O–H groups in total. The fourth-order valence-corrected chi connectivity index (χ4v) is 1.84. The van der Waals surface area contributed by atoms with E-state index in [-0.39, 0.29) is 0 Å². The number of aryl methyl sites for hydroxylation is 1. The molecule has 2 aromatic rings. The molecule has 0 unspecified atom stereocenters. The standard InChI is InChI=1S/C13H17N5/c1-10-4-3-5-12(16-10)9-18(2)13-11(8-14)6-7-15-17-13/h3-7H,8-9,14H2,1-2H3. The average molecular weight is 243 g/mol. The van der Waals surface area contributed by atoms with Crippen LogP contribution in [0, 0.1) is 6.92 Å². The minimum atomic E-state index is 0.455. The topological polar surface area (TPSA) is 67.9 Å². The molecule has 0 radical (unpaired) electrons. The summed E-state index contributed by atoms with van der Waals surface area (Å²) in [5, 5.41) is 8.04. The third kappa shape index (κ3) is 2.81. The number of nitrogens with two attached hydrogens (primary N) is 1. The van der Waals surface area contributed by atoms with Crippen molar-refractivity contribution in [3.05, 3.63) is 47.4 Å². The van der Waals surface area contributed by atoms with Crippen LogP contribution in [0.5, 0.6) is 0 Å². The van der Waals surface area contributed by atoms with E-state index in [0.717, 1.165) is 22.8 Å². The maximum Gasteiger partial charge on any atom is 0.155 e. The lowest BCUT2D eigenvalue weighted by Crippen LogP contribution is -2.21. The van der Waals surface area contributed by atoms with Gasteiger partial charge >= 0.3 is 0 Å². The SMILES string of the molecule is Cc1cccc(CN(C)c2nnccc2CN)n1. The first-order valence-corrected chi connectivity index (χ1v) is 5.85. The predicted octanol–water partition coefficient (Wildman–Crippen LogP) is 1.28. The number of rotatable bonds is 4. The minimum absolute atomic E-state index is 0.455. The van der Waals surface area contributed by atoms with E-state index in [0.29, 0.717) is 13.1 Å².